The van der Waals surface area contributed by atoms with Crippen molar-refractivity contribution in [3.8, 4) is 0 Å². The van der Waals surface area contributed by atoms with Gasteiger partial charge >= 0.3 is 5.97 Å². The summed E-state index contributed by atoms with van der Waals surface area (Å²) in [4.78, 5) is 10.5. The molecule has 64 valence electrons. The van der Waals surface area contributed by atoms with E-state index in [1.807, 2.05) is 6.92 Å². The predicted octanol–water partition coefficient (Wildman–Crippen LogP) is 0.868. The lowest BCUT2D eigenvalue weighted by atomic mass is 9.81. The van der Waals surface area contributed by atoms with E-state index < -0.39 is 12.1 Å². The Labute approximate surface area is 66.0 Å². The maximum atomic E-state index is 10.5. The topological polar surface area (TPSA) is 57.5 Å². The molecule has 0 bridgehead atoms. The molecule has 3 atom stereocenters. The smallest absolute Gasteiger partial charge is 0.306 e. The van der Waals surface area contributed by atoms with Crippen molar-refractivity contribution in [2.24, 2.45) is 11.8 Å². The minimum absolute atomic E-state index is 0.269. The van der Waals surface area contributed by atoms with Gasteiger partial charge in [-0.3, -0.25) is 4.79 Å². The lowest BCUT2D eigenvalue weighted by Crippen LogP contribution is -2.31. The highest BCUT2D eigenvalue weighted by Gasteiger charge is 2.29. The summed E-state index contributed by atoms with van der Waals surface area (Å²) >= 11 is 0. The second kappa shape index (κ2) is 3.22. The third kappa shape index (κ3) is 1.93. The normalized spacial score (nSPS) is 38.5. The summed E-state index contributed by atoms with van der Waals surface area (Å²) in [7, 11) is 0. The van der Waals surface area contributed by atoms with Crippen LogP contribution < -0.4 is 0 Å². The second-order valence-electron chi connectivity index (χ2n) is 3.39. The molecule has 0 saturated heterocycles. The van der Waals surface area contributed by atoms with E-state index in [4.69, 9.17) is 5.11 Å². The highest BCUT2D eigenvalue weighted by atomic mass is 16.4. The third-order valence-corrected chi connectivity index (χ3v) is 2.50. The Bertz CT molecular complexity index is 155. The summed E-state index contributed by atoms with van der Waals surface area (Å²) in [6.45, 7) is 1.96. The Morgan fingerprint density at radius 2 is 2.09 bits per heavy atom. The van der Waals surface area contributed by atoms with Crippen LogP contribution in [0.25, 0.3) is 0 Å². The van der Waals surface area contributed by atoms with E-state index >= 15 is 0 Å². The fraction of sp³-hybridized carbons (Fsp3) is 0.875. The molecule has 1 rings (SSSR count). The molecule has 0 aromatic heterocycles. The van der Waals surface area contributed by atoms with E-state index in [1.165, 1.54) is 0 Å². The fourth-order valence-electron chi connectivity index (χ4n) is 1.52. The molecule has 2 N–H and O–H groups in total. The van der Waals surface area contributed by atoms with E-state index in [2.05, 4.69) is 0 Å². The number of aliphatic hydroxyl groups excluding tert-OH is 1. The van der Waals surface area contributed by atoms with Crippen molar-refractivity contribution in [1.29, 1.82) is 0 Å². The summed E-state index contributed by atoms with van der Waals surface area (Å²) in [5, 5.41) is 18.0. The van der Waals surface area contributed by atoms with Crippen molar-refractivity contribution >= 4 is 5.97 Å². The van der Waals surface area contributed by atoms with Crippen LogP contribution >= 0.6 is 0 Å². The summed E-state index contributed by atoms with van der Waals surface area (Å²) in [6, 6.07) is 0. The number of rotatable bonds is 1. The van der Waals surface area contributed by atoms with Gasteiger partial charge in [0.1, 0.15) is 0 Å². The Morgan fingerprint density at radius 1 is 1.45 bits per heavy atom. The van der Waals surface area contributed by atoms with Gasteiger partial charge < -0.3 is 10.2 Å². The monoisotopic (exact) mass is 158 g/mol. The zero-order valence-corrected chi connectivity index (χ0v) is 6.66. The summed E-state index contributed by atoms with van der Waals surface area (Å²) in [6.07, 6.45) is 1.56. The summed E-state index contributed by atoms with van der Waals surface area (Å²) in [5.74, 6) is -0.817. The SMILES string of the molecule is C[C@@H]1CCC(C(=O)O)CC1O. The van der Waals surface area contributed by atoms with E-state index in [1.54, 1.807) is 0 Å². The average molecular weight is 158 g/mol. The van der Waals surface area contributed by atoms with Crippen LogP contribution in [0.15, 0.2) is 0 Å². The van der Waals surface area contributed by atoms with Crippen LogP contribution in [0.1, 0.15) is 26.2 Å². The molecule has 3 nitrogen and oxygen atoms in total. The maximum absolute atomic E-state index is 10.5. The first-order chi connectivity index (χ1) is 5.11. The molecule has 0 spiro atoms. The van der Waals surface area contributed by atoms with Crippen molar-refractivity contribution in [3.63, 3.8) is 0 Å². The Kier molecular flexibility index (Phi) is 2.49. The average Bonchev–Trinajstić information content (AvgIpc) is 1.94. The number of carboxylic acid groups (broad SMARTS) is 1. The van der Waals surface area contributed by atoms with Gasteiger partial charge in [-0.15, -0.1) is 0 Å². The van der Waals surface area contributed by atoms with Crippen LogP contribution in [-0.4, -0.2) is 22.3 Å². The standard InChI is InChI=1S/C8H14O3/c1-5-2-3-6(8(10)11)4-7(5)9/h5-7,9H,2-4H2,1H3,(H,10,11)/t5-,6?,7?/m1/s1. The van der Waals surface area contributed by atoms with E-state index in [0.29, 0.717) is 12.8 Å². The molecular weight excluding hydrogens is 144 g/mol. The van der Waals surface area contributed by atoms with Crippen molar-refractivity contribution in [2.45, 2.75) is 32.3 Å². The van der Waals surface area contributed by atoms with Crippen LogP contribution in [0.3, 0.4) is 0 Å². The van der Waals surface area contributed by atoms with Crippen LogP contribution in [0.2, 0.25) is 0 Å². The molecule has 0 aromatic rings. The van der Waals surface area contributed by atoms with Crippen LogP contribution in [0.4, 0.5) is 0 Å². The lowest BCUT2D eigenvalue weighted by molar-refractivity contribution is -0.144. The van der Waals surface area contributed by atoms with E-state index in [0.717, 1.165) is 6.42 Å². The highest BCUT2D eigenvalue weighted by Crippen LogP contribution is 2.28. The molecule has 0 aromatic carbocycles. The van der Waals surface area contributed by atoms with E-state index in [-0.39, 0.29) is 11.8 Å². The van der Waals surface area contributed by atoms with Crippen LogP contribution in [-0.2, 0) is 4.79 Å². The molecule has 0 heterocycles. The lowest BCUT2D eigenvalue weighted by Gasteiger charge is -2.28. The van der Waals surface area contributed by atoms with Gasteiger partial charge in [0, 0.05) is 0 Å². The molecule has 0 amide bonds. The summed E-state index contributed by atoms with van der Waals surface area (Å²) < 4.78 is 0. The molecular formula is C8H14O3. The largest absolute Gasteiger partial charge is 0.481 e. The quantitative estimate of drug-likeness (QED) is 0.595. The molecule has 1 aliphatic rings. The van der Waals surface area contributed by atoms with Crippen LogP contribution in [0, 0.1) is 11.8 Å². The van der Waals surface area contributed by atoms with Gasteiger partial charge in [-0.2, -0.15) is 0 Å². The highest BCUT2D eigenvalue weighted by molar-refractivity contribution is 5.70. The van der Waals surface area contributed by atoms with Gasteiger partial charge in [0.15, 0.2) is 0 Å². The molecule has 2 unspecified atom stereocenters. The van der Waals surface area contributed by atoms with Gasteiger partial charge in [-0.25, -0.2) is 0 Å². The van der Waals surface area contributed by atoms with Crippen molar-refractivity contribution in [1.82, 2.24) is 0 Å². The number of carbonyl (C=O) groups is 1. The fourth-order valence-corrected chi connectivity index (χ4v) is 1.52. The van der Waals surface area contributed by atoms with Gasteiger partial charge in [0.2, 0.25) is 0 Å². The van der Waals surface area contributed by atoms with Crippen LogP contribution in [0.5, 0.6) is 0 Å². The summed E-state index contributed by atoms with van der Waals surface area (Å²) in [5.41, 5.74) is 0. The second-order valence-corrected chi connectivity index (χ2v) is 3.39. The van der Waals surface area contributed by atoms with Gasteiger partial charge in [0.05, 0.1) is 12.0 Å². The van der Waals surface area contributed by atoms with Crippen molar-refractivity contribution in [2.75, 3.05) is 0 Å². The number of aliphatic hydroxyl groups is 1. The molecule has 1 aliphatic carbocycles. The predicted molar refractivity (Wildman–Crippen MR) is 40.1 cm³/mol. The number of aliphatic carboxylic acids is 1. The first-order valence-corrected chi connectivity index (χ1v) is 4.02. The van der Waals surface area contributed by atoms with Gasteiger partial charge in [-0.1, -0.05) is 6.92 Å². The third-order valence-electron chi connectivity index (χ3n) is 2.50. The first-order valence-electron chi connectivity index (χ1n) is 4.02. The van der Waals surface area contributed by atoms with E-state index in [9.17, 15) is 9.90 Å². The molecule has 3 heteroatoms. The molecule has 1 fully saturated rings. The zero-order valence-electron chi connectivity index (χ0n) is 6.66. The number of carboxylic acids is 1. The molecule has 11 heavy (non-hydrogen) atoms. The molecule has 0 aliphatic heterocycles. The number of hydrogen-bond donors (Lipinski definition) is 2. The minimum atomic E-state index is -0.768. The Morgan fingerprint density at radius 3 is 2.55 bits per heavy atom. The van der Waals surface area contributed by atoms with Gasteiger partial charge in [0.25, 0.3) is 0 Å². The first kappa shape index (κ1) is 8.53. The minimum Gasteiger partial charge on any atom is -0.481 e. The number of hydrogen-bond acceptors (Lipinski definition) is 2. The molecule has 1 saturated carbocycles. The van der Waals surface area contributed by atoms with Gasteiger partial charge in [-0.05, 0) is 25.2 Å². The van der Waals surface area contributed by atoms with Crippen molar-refractivity contribution in [3.05, 3.63) is 0 Å². The maximum Gasteiger partial charge on any atom is 0.306 e. The molecule has 0 radical (unpaired) electrons. The van der Waals surface area contributed by atoms with Crippen molar-refractivity contribution < 1.29 is 15.0 Å². The zero-order chi connectivity index (χ0) is 8.43. The Balaban J connectivity index is 2.46. The Hall–Kier alpha value is -0.570.